The molecule has 1 unspecified atom stereocenters. The molecule has 0 heterocycles. The Balaban J connectivity index is 1.62. The number of esters is 1. The van der Waals surface area contributed by atoms with Crippen molar-refractivity contribution in [3.05, 3.63) is 84.9 Å². The lowest BCUT2D eigenvalue weighted by Crippen LogP contribution is -2.56. The highest BCUT2D eigenvalue weighted by molar-refractivity contribution is 5.94. The molecule has 32 heavy (non-hydrogen) atoms. The van der Waals surface area contributed by atoms with Gasteiger partial charge in [0.15, 0.2) is 5.75 Å². The summed E-state index contributed by atoms with van der Waals surface area (Å²) < 4.78 is 16.5. The summed E-state index contributed by atoms with van der Waals surface area (Å²) in [7, 11) is 1.29. The van der Waals surface area contributed by atoms with E-state index in [2.05, 4.69) is 10.6 Å². The number of anilines is 1. The number of carbonyl (C=O) groups excluding carboxylic acids is 2. The van der Waals surface area contributed by atoms with Gasteiger partial charge in [-0.15, -0.1) is 0 Å². The second kappa shape index (κ2) is 11.0. The topological polar surface area (TPSA) is 85.9 Å². The maximum Gasteiger partial charge on any atom is 0.329 e. The number of hydrogen-bond donors (Lipinski definition) is 2. The predicted octanol–water partition coefficient (Wildman–Crippen LogP) is 4.02. The summed E-state index contributed by atoms with van der Waals surface area (Å²) in [6.07, 6.45) is 0. The minimum absolute atomic E-state index is 0.00925. The second-order valence-corrected chi connectivity index (χ2v) is 7.24. The molecule has 0 aliphatic heterocycles. The molecule has 1 atom stereocenters. The molecular weight excluding hydrogens is 408 g/mol. The molecule has 0 spiro atoms. The lowest BCUT2D eigenvalue weighted by atomic mass is 10.0. The van der Waals surface area contributed by atoms with Crippen molar-refractivity contribution in [1.29, 1.82) is 0 Å². The van der Waals surface area contributed by atoms with E-state index in [-0.39, 0.29) is 19.1 Å². The zero-order chi connectivity index (χ0) is 22.8. The van der Waals surface area contributed by atoms with Gasteiger partial charge in [0, 0.05) is 0 Å². The summed E-state index contributed by atoms with van der Waals surface area (Å²) >= 11 is 0. The molecule has 0 aliphatic rings. The van der Waals surface area contributed by atoms with Gasteiger partial charge in [-0.25, -0.2) is 4.79 Å². The van der Waals surface area contributed by atoms with Gasteiger partial charge in [-0.3, -0.25) is 10.1 Å². The van der Waals surface area contributed by atoms with Crippen LogP contribution in [0.3, 0.4) is 0 Å². The fourth-order valence-corrected chi connectivity index (χ4v) is 2.90. The van der Waals surface area contributed by atoms with E-state index in [1.807, 2.05) is 54.6 Å². The molecule has 0 radical (unpaired) electrons. The van der Waals surface area contributed by atoms with E-state index in [1.54, 1.807) is 37.3 Å². The van der Waals surface area contributed by atoms with E-state index in [1.165, 1.54) is 7.11 Å². The second-order valence-electron chi connectivity index (χ2n) is 7.24. The summed E-state index contributed by atoms with van der Waals surface area (Å²) in [4.78, 5) is 25.0. The minimum Gasteiger partial charge on any atom is -0.491 e. The van der Waals surface area contributed by atoms with Crippen molar-refractivity contribution in [2.45, 2.75) is 12.5 Å². The molecule has 0 aliphatic carbocycles. The van der Waals surface area contributed by atoms with Crippen molar-refractivity contribution in [3.63, 3.8) is 0 Å². The fraction of sp³-hybridized carbons (Fsp3) is 0.200. The highest BCUT2D eigenvalue weighted by atomic mass is 16.5. The molecule has 3 rings (SSSR count). The van der Waals surface area contributed by atoms with Crippen LogP contribution in [0.2, 0.25) is 0 Å². The maximum atomic E-state index is 12.6. The lowest BCUT2D eigenvalue weighted by molar-refractivity contribution is -0.149. The molecular formula is C25H26N2O5. The largest absolute Gasteiger partial charge is 0.491 e. The van der Waals surface area contributed by atoms with Gasteiger partial charge < -0.3 is 19.5 Å². The molecule has 0 fully saturated rings. The first-order valence-electron chi connectivity index (χ1n) is 10.1. The van der Waals surface area contributed by atoms with Crippen LogP contribution in [-0.4, -0.2) is 37.7 Å². The molecule has 0 saturated heterocycles. The smallest absolute Gasteiger partial charge is 0.329 e. The first kappa shape index (κ1) is 22.8. The number of carbonyl (C=O) groups is 2. The third-order valence-corrected chi connectivity index (χ3v) is 4.68. The third kappa shape index (κ3) is 6.33. The summed E-state index contributed by atoms with van der Waals surface area (Å²) in [5, 5.41) is 5.77. The van der Waals surface area contributed by atoms with Crippen LogP contribution < -0.4 is 20.1 Å². The molecule has 0 bridgehead atoms. The Morgan fingerprint density at radius 2 is 1.44 bits per heavy atom. The highest BCUT2D eigenvalue weighted by Crippen LogP contribution is 2.29. The van der Waals surface area contributed by atoms with Crippen LogP contribution in [-0.2, 0) is 14.3 Å². The summed E-state index contributed by atoms with van der Waals surface area (Å²) in [5.41, 5.74) is -0.703. The number of methoxy groups -OCH3 is 1. The molecule has 3 aromatic rings. The number of para-hydroxylation sites is 4. The predicted molar refractivity (Wildman–Crippen MR) is 122 cm³/mol. The Morgan fingerprint density at radius 1 is 0.844 bits per heavy atom. The molecule has 7 nitrogen and oxygen atoms in total. The summed E-state index contributed by atoms with van der Waals surface area (Å²) in [6, 6.07) is 25.5. The van der Waals surface area contributed by atoms with Gasteiger partial charge in [0.05, 0.1) is 19.3 Å². The van der Waals surface area contributed by atoms with E-state index in [9.17, 15) is 9.59 Å². The van der Waals surface area contributed by atoms with Crippen LogP contribution >= 0.6 is 0 Å². The van der Waals surface area contributed by atoms with Crippen molar-refractivity contribution in [2.75, 3.05) is 25.6 Å². The number of amides is 1. The summed E-state index contributed by atoms with van der Waals surface area (Å²) in [5.74, 6) is 0.901. The standard InChI is InChI=1S/C25H26N2O5/c1-25(24(29)30-2,18-31-19-11-5-3-6-12-19)26-17-23(28)27-21-15-9-10-16-22(21)32-20-13-7-4-8-14-20/h3-16,26H,17-18H2,1-2H3,(H,27,28). The number of nitrogens with one attached hydrogen (secondary N) is 2. The first-order chi connectivity index (χ1) is 15.5. The van der Waals surface area contributed by atoms with Crippen LogP contribution in [0, 0.1) is 0 Å². The number of ether oxygens (including phenoxy) is 3. The maximum absolute atomic E-state index is 12.6. The Kier molecular flexibility index (Phi) is 7.83. The molecule has 166 valence electrons. The Bertz CT molecular complexity index is 1030. The van der Waals surface area contributed by atoms with E-state index >= 15 is 0 Å². The van der Waals surface area contributed by atoms with Crippen molar-refractivity contribution in [3.8, 4) is 17.2 Å². The molecule has 0 saturated carbocycles. The van der Waals surface area contributed by atoms with Crippen molar-refractivity contribution in [1.82, 2.24) is 5.32 Å². The zero-order valence-corrected chi connectivity index (χ0v) is 18.0. The van der Waals surface area contributed by atoms with Crippen molar-refractivity contribution < 1.29 is 23.8 Å². The van der Waals surface area contributed by atoms with Crippen molar-refractivity contribution in [2.24, 2.45) is 0 Å². The monoisotopic (exact) mass is 434 g/mol. The first-order valence-corrected chi connectivity index (χ1v) is 10.1. The Hall–Kier alpha value is -3.84. The van der Waals surface area contributed by atoms with Gasteiger partial charge >= 0.3 is 5.97 Å². The molecule has 3 aromatic carbocycles. The lowest BCUT2D eigenvalue weighted by Gasteiger charge is -2.27. The average Bonchev–Trinajstić information content (AvgIpc) is 2.83. The summed E-state index contributed by atoms with van der Waals surface area (Å²) in [6.45, 7) is 1.48. The van der Waals surface area contributed by atoms with E-state index in [4.69, 9.17) is 14.2 Å². The quantitative estimate of drug-likeness (QED) is 0.469. The number of rotatable bonds is 10. The van der Waals surface area contributed by atoms with Gasteiger partial charge in [-0.2, -0.15) is 0 Å². The van der Waals surface area contributed by atoms with Crippen LogP contribution in [0.1, 0.15) is 6.92 Å². The van der Waals surface area contributed by atoms with Crippen LogP contribution in [0.15, 0.2) is 84.9 Å². The molecule has 0 aromatic heterocycles. The third-order valence-electron chi connectivity index (χ3n) is 4.68. The van der Waals surface area contributed by atoms with Crippen LogP contribution in [0.5, 0.6) is 17.2 Å². The Morgan fingerprint density at radius 3 is 2.09 bits per heavy atom. The van der Waals surface area contributed by atoms with Crippen molar-refractivity contribution >= 4 is 17.6 Å². The van der Waals surface area contributed by atoms with E-state index in [0.717, 1.165) is 0 Å². The van der Waals surface area contributed by atoms with Gasteiger partial charge in [-0.05, 0) is 43.3 Å². The Labute approximate surface area is 187 Å². The van der Waals surface area contributed by atoms with Gasteiger partial charge in [0.1, 0.15) is 23.6 Å². The zero-order valence-electron chi connectivity index (χ0n) is 18.0. The average molecular weight is 434 g/mol. The van der Waals surface area contributed by atoms with Crippen LogP contribution in [0.25, 0.3) is 0 Å². The fourth-order valence-electron chi connectivity index (χ4n) is 2.90. The van der Waals surface area contributed by atoms with Gasteiger partial charge in [0.25, 0.3) is 0 Å². The molecule has 1 amide bonds. The highest BCUT2D eigenvalue weighted by Gasteiger charge is 2.35. The SMILES string of the molecule is COC(=O)C(C)(COc1ccccc1)NCC(=O)Nc1ccccc1Oc1ccccc1. The van der Waals surface area contributed by atoms with Crippen LogP contribution in [0.4, 0.5) is 5.69 Å². The molecule has 2 N–H and O–H groups in total. The van der Waals surface area contributed by atoms with Gasteiger partial charge in [-0.1, -0.05) is 48.5 Å². The number of hydrogen-bond acceptors (Lipinski definition) is 6. The van der Waals surface area contributed by atoms with E-state index in [0.29, 0.717) is 22.9 Å². The van der Waals surface area contributed by atoms with Gasteiger partial charge in [0.2, 0.25) is 5.91 Å². The number of benzene rings is 3. The molecule has 7 heteroatoms. The van der Waals surface area contributed by atoms with E-state index < -0.39 is 11.5 Å². The minimum atomic E-state index is -1.22. The normalized spacial score (nSPS) is 12.3.